The maximum absolute atomic E-state index is 12.4. The van der Waals surface area contributed by atoms with Crippen LogP contribution in [0.3, 0.4) is 0 Å². The topological polar surface area (TPSA) is 55.5 Å². The van der Waals surface area contributed by atoms with Gasteiger partial charge < -0.3 is 9.32 Å². The number of thiazole rings is 1. The van der Waals surface area contributed by atoms with Crippen LogP contribution in [0.4, 0.5) is 0 Å². The number of aryl methyl sites for hydroxylation is 1. The summed E-state index contributed by atoms with van der Waals surface area (Å²) in [6.45, 7) is 2.22. The Balaban J connectivity index is 1.67. The number of likely N-dealkylation sites (N-methyl/N-ethyl adjacent to an activating group) is 1. The van der Waals surface area contributed by atoms with E-state index in [4.69, 9.17) is 4.42 Å². The number of benzene rings is 1. The third-order valence-corrected chi connectivity index (χ3v) is 5.29. The smallest absolute Gasteiger partial charge is 0.307 e. The van der Waals surface area contributed by atoms with Crippen LogP contribution in [-0.2, 0) is 17.9 Å². The molecule has 7 heteroatoms. The lowest BCUT2D eigenvalue weighted by atomic mass is 10.2. The Bertz CT molecular complexity index is 940. The van der Waals surface area contributed by atoms with Gasteiger partial charge in [0.25, 0.3) is 0 Å². The van der Waals surface area contributed by atoms with Gasteiger partial charge in [0.1, 0.15) is 18.1 Å². The number of amides is 1. The van der Waals surface area contributed by atoms with Crippen LogP contribution < -0.4 is 4.87 Å². The molecule has 1 amide bonds. The lowest BCUT2D eigenvalue weighted by molar-refractivity contribution is -0.131. The van der Waals surface area contributed by atoms with E-state index in [9.17, 15) is 9.59 Å². The van der Waals surface area contributed by atoms with Crippen LogP contribution in [0.2, 0.25) is 0 Å². The first-order chi connectivity index (χ1) is 11.9. The minimum atomic E-state index is -0.134. The van der Waals surface area contributed by atoms with Gasteiger partial charge in [0.2, 0.25) is 5.91 Å². The quantitative estimate of drug-likeness (QED) is 0.628. The molecular weight excluding hydrogens is 404 g/mol. The molecule has 0 fully saturated rings. The summed E-state index contributed by atoms with van der Waals surface area (Å²) < 4.78 is 8.33. The maximum atomic E-state index is 12.4. The molecule has 0 radical (unpaired) electrons. The lowest BCUT2D eigenvalue weighted by Crippen LogP contribution is -2.32. The van der Waals surface area contributed by atoms with E-state index in [1.807, 2.05) is 43.3 Å². The van der Waals surface area contributed by atoms with Crippen molar-refractivity contribution < 1.29 is 9.21 Å². The molecule has 0 aliphatic rings. The van der Waals surface area contributed by atoms with Gasteiger partial charge in [0, 0.05) is 28.2 Å². The van der Waals surface area contributed by atoms with Gasteiger partial charge >= 0.3 is 4.87 Å². The monoisotopic (exact) mass is 420 g/mol. The van der Waals surface area contributed by atoms with E-state index >= 15 is 0 Å². The van der Waals surface area contributed by atoms with E-state index in [1.165, 1.54) is 4.57 Å². The fraction of sp³-hybridized carbons (Fsp3) is 0.222. The van der Waals surface area contributed by atoms with Crippen LogP contribution in [0, 0.1) is 6.92 Å². The molecule has 0 spiro atoms. The highest BCUT2D eigenvalue weighted by Gasteiger charge is 2.15. The number of furan rings is 1. The van der Waals surface area contributed by atoms with E-state index in [-0.39, 0.29) is 17.3 Å². The second kappa shape index (κ2) is 7.41. The molecule has 0 unspecified atom stereocenters. The summed E-state index contributed by atoms with van der Waals surface area (Å²) >= 11 is 4.51. The SMILES string of the molecule is Cc1csc(=O)n1CC(=O)N(C)Cc1ccc(-c2ccc(Br)cc2)o1. The van der Waals surface area contributed by atoms with E-state index in [0.717, 1.165) is 32.8 Å². The van der Waals surface area contributed by atoms with Gasteiger partial charge in [0.15, 0.2) is 0 Å². The van der Waals surface area contributed by atoms with Crippen LogP contribution in [-0.4, -0.2) is 22.4 Å². The summed E-state index contributed by atoms with van der Waals surface area (Å²) in [5.41, 5.74) is 1.77. The molecule has 0 saturated heterocycles. The van der Waals surface area contributed by atoms with Crippen molar-refractivity contribution in [2.45, 2.75) is 20.0 Å². The predicted molar refractivity (Wildman–Crippen MR) is 102 cm³/mol. The number of rotatable bonds is 5. The molecule has 130 valence electrons. The van der Waals surface area contributed by atoms with E-state index in [0.29, 0.717) is 12.3 Å². The Hall–Kier alpha value is -2.12. The summed E-state index contributed by atoms with van der Waals surface area (Å²) in [4.78, 5) is 25.5. The van der Waals surface area contributed by atoms with E-state index < -0.39 is 0 Å². The second-order valence-electron chi connectivity index (χ2n) is 5.75. The third-order valence-electron chi connectivity index (χ3n) is 3.88. The van der Waals surface area contributed by atoms with Gasteiger partial charge in [0.05, 0.1) is 6.54 Å². The first kappa shape index (κ1) is 17.7. The lowest BCUT2D eigenvalue weighted by Gasteiger charge is -2.16. The summed E-state index contributed by atoms with van der Waals surface area (Å²) in [5.74, 6) is 1.32. The number of nitrogens with zero attached hydrogens (tertiary/aromatic N) is 2. The minimum absolute atomic E-state index is 0.0466. The average molecular weight is 421 g/mol. The zero-order valence-corrected chi connectivity index (χ0v) is 16.3. The molecule has 0 aliphatic heterocycles. The van der Waals surface area contributed by atoms with Crippen molar-refractivity contribution in [3.63, 3.8) is 0 Å². The highest BCUT2D eigenvalue weighted by molar-refractivity contribution is 9.10. The highest BCUT2D eigenvalue weighted by atomic mass is 79.9. The zero-order valence-electron chi connectivity index (χ0n) is 13.9. The molecular formula is C18H17BrN2O3S. The van der Waals surface area contributed by atoms with Gasteiger partial charge in [-0.05, 0) is 31.2 Å². The zero-order chi connectivity index (χ0) is 18.0. The van der Waals surface area contributed by atoms with Crippen LogP contribution in [0.15, 0.2) is 55.5 Å². The molecule has 25 heavy (non-hydrogen) atoms. The van der Waals surface area contributed by atoms with Crippen LogP contribution >= 0.6 is 27.3 Å². The average Bonchev–Trinajstić information content (AvgIpc) is 3.17. The van der Waals surface area contributed by atoms with E-state index in [2.05, 4.69) is 15.9 Å². The Morgan fingerprint density at radius 1 is 1.24 bits per heavy atom. The van der Waals surface area contributed by atoms with Crippen molar-refractivity contribution >= 4 is 33.2 Å². The summed E-state index contributed by atoms with van der Waals surface area (Å²) in [7, 11) is 1.71. The van der Waals surface area contributed by atoms with Crippen LogP contribution in [0.25, 0.3) is 11.3 Å². The molecule has 2 aromatic heterocycles. The molecule has 0 bridgehead atoms. The summed E-state index contributed by atoms with van der Waals surface area (Å²) in [6, 6.07) is 11.6. The first-order valence-corrected chi connectivity index (χ1v) is 9.35. The largest absolute Gasteiger partial charge is 0.459 e. The molecule has 0 saturated carbocycles. The molecule has 1 aromatic carbocycles. The van der Waals surface area contributed by atoms with Crippen molar-refractivity contribution in [1.82, 2.24) is 9.47 Å². The molecule has 0 N–H and O–H groups in total. The Kier molecular flexibility index (Phi) is 5.24. The minimum Gasteiger partial charge on any atom is -0.459 e. The summed E-state index contributed by atoms with van der Waals surface area (Å²) in [6.07, 6.45) is 0. The van der Waals surface area contributed by atoms with Crippen molar-refractivity contribution in [3.8, 4) is 11.3 Å². The Morgan fingerprint density at radius 2 is 1.96 bits per heavy atom. The molecule has 5 nitrogen and oxygen atoms in total. The molecule has 3 rings (SSSR count). The number of hydrogen-bond donors (Lipinski definition) is 0. The second-order valence-corrected chi connectivity index (χ2v) is 7.49. The molecule has 2 heterocycles. The number of carbonyl (C=O) groups is 1. The number of aromatic nitrogens is 1. The van der Waals surface area contributed by atoms with Crippen LogP contribution in [0.5, 0.6) is 0 Å². The number of carbonyl (C=O) groups excluding carboxylic acids is 1. The normalized spacial score (nSPS) is 10.8. The van der Waals surface area contributed by atoms with Crippen molar-refractivity contribution in [2.24, 2.45) is 0 Å². The van der Waals surface area contributed by atoms with Gasteiger partial charge in [-0.2, -0.15) is 0 Å². The Morgan fingerprint density at radius 3 is 2.60 bits per heavy atom. The van der Waals surface area contributed by atoms with Crippen molar-refractivity contribution in [2.75, 3.05) is 7.05 Å². The summed E-state index contributed by atoms with van der Waals surface area (Å²) in [5, 5.41) is 1.76. The van der Waals surface area contributed by atoms with Gasteiger partial charge in [-0.15, -0.1) is 0 Å². The predicted octanol–water partition coefficient (Wildman–Crippen LogP) is 3.90. The van der Waals surface area contributed by atoms with Crippen molar-refractivity contribution in [1.29, 1.82) is 0 Å². The first-order valence-electron chi connectivity index (χ1n) is 7.67. The van der Waals surface area contributed by atoms with Gasteiger partial charge in [-0.1, -0.05) is 39.4 Å². The number of hydrogen-bond acceptors (Lipinski definition) is 4. The molecule has 0 aliphatic carbocycles. The standard InChI is InChI=1S/C18H17BrN2O3S/c1-12-11-25-18(23)21(12)10-17(22)20(2)9-15-7-8-16(24-15)13-3-5-14(19)6-4-13/h3-8,11H,9-10H2,1-2H3. The molecule has 3 aromatic rings. The molecule has 0 atom stereocenters. The maximum Gasteiger partial charge on any atom is 0.307 e. The van der Waals surface area contributed by atoms with Crippen molar-refractivity contribution in [3.05, 3.63) is 67.4 Å². The van der Waals surface area contributed by atoms with Crippen LogP contribution in [0.1, 0.15) is 11.5 Å². The van der Waals surface area contributed by atoms with Gasteiger partial charge in [-0.3, -0.25) is 14.2 Å². The Labute approximate surface area is 157 Å². The fourth-order valence-electron chi connectivity index (χ4n) is 2.41. The van der Waals surface area contributed by atoms with Gasteiger partial charge in [-0.25, -0.2) is 0 Å². The highest BCUT2D eigenvalue weighted by Crippen LogP contribution is 2.24. The number of halogens is 1. The fourth-order valence-corrected chi connectivity index (χ4v) is 3.40. The third kappa shape index (κ3) is 4.11. The van der Waals surface area contributed by atoms with E-state index in [1.54, 1.807) is 17.3 Å².